The first-order valence-corrected chi connectivity index (χ1v) is 14.3. The molecule has 8 nitrogen and oxygen atoms in total. The standard InChI is InChI=1S/C30H45N3O5/c1-5-21-13-18-24-26(25(21)30(37)38-8-4)29(36)33(19-11-9-10-12-20-34)27(24)28(35)31-22-14-16-23(17-15-22)32(6-2)7-3/h13-18,21,24-27,34H,5-12,19-20H2,1-4H3,(H,31,35)/t21-,24+,25-,26-,27+/m1/s1. The molecule has 1 aliphatic heterocycles. The average Bonchev–Trinajstić information content (AvgIpc) is 3.21. The van der Waals surface area contributed by atoms with Crippen molar-refractivity contribution in [2.45, 2.75) is 65.8 Å². The molecule has 1 aromatic carbocycles. The van der Waals surface area contributed by atoms with Gasteiger partial charge < -0.3 is 25.0 Å². The Hall–Kier alpha value is -2.87. The number of amides is 2. The van der Waals surface area contributed by atoms with E-state index in [-0.39, 0.29) is 36.9 Å². The molecule has 1 heterocycles. The van der Waals surface area contributed by atoms with Crippen molar-refractivity contribution in [2.24, 2.45) is 23.7 Å². The summed E-state index contributed by atoms with van der Waals surface area (Å²) in [5, 5.41) is 12.1. The summed E-state index contributed by atoms with van der Waals surface area (Å²) in [5.41, 5.74) is 1.77. The van der Waals surface area contributed by atoms with Crippen LogP contribution in [-0.2, 0) is 19.1 Å². The highest BCUT2D eigenvalue weighted by molar-refractivity contribution is 6.01. The first-order valence-electron chi connectivity index (χ1n) is 14.3. The van der Waals surface area contributed by atoms with E-state index < -0.39 is 23.8 Å². The maximum absolute atomic E-state index is 13.9. The second-order valence-electron chi connectivity index (χ2n) is 10.2. The van der Waals surface area contributed by atoms with Crippen LogP contribution in [0, 0.1) is 23.7 Å². The quantitative estimate of drug-likeness (QED) is 0.213. The van der Waals surface area contributed by atoms with Gasteiger partial charge in [0.2, 0.25) is 11.8 Å². The van der Waals surface area contributed by atoms with E-state index in [0.717, 1.165) is 44.5 Å². The third-order valence-corrected chi connectivity index (χ3v) is 7.98. The van der Waals surface area contributed by atoms with Gasteiger partial charge in [-0.25, -0.2) is 0 Å². The number of nitrogens with zero attached hydrogens (tertiary/aromatic N) is 2. The number of carbonyl (C=O) groups is 3. The zero-order chi connectivity index (χ0) is 27.7. The summed E-state index contributed by atoms with van der Waals surface area (Å²) in [7, 11) is 0. The van der Waals surface area contributed by atoms with Gasteiger partial charge in [0.05, 0.1) is 18.4 Å². The van der Waals surface area contributed by atoms with Crippen LogP contribution in [0.25, 0.3) is 0 Å². The van der Waals surface area contributed by atoms with Crippen molar-refractivity contribution in [1.29, 1.82) is 0 Å². The van der Waals surface area contributed by atoms with Gasteiger partial charge in [0, 0.05) is 43.5 Å². The number of likely N-dealkylation sites (tertiary alicyclic amines) is 1. The van der Waals surface area contributed by atoms with E-state index in [1.165, 1.54) is 0 Å². The van der Waals surface area contributed by atoms with Crippen molar-refractivity contribution < 1.29 is 24.2 Å². The van der Waals surface area contributed by atoms with E-state index in [1.54, 1.807) is 11.8 Å². The molecule has 38 heavy (non-hydrogen) atoms. The zero-order valence-corrected chi connectivity index (χ0v) is 23.4. The number of carbonyl (C=O) groups excluding carboxylic acids is 3. The Morgan fingerprint density at radius 1 is 1.00 bits per heavy atom. The van der Waals surface area contributed by atoms with Crippen molar-refractivity contribution in [1.82, 2.24) is 4.90 Å². The molecule has 210 valence electrons. The van der Waals surface area contributed by atoms with Crippen LogP contribution in [0.3, 0.4) is 0 Å². The molecule has 0 bridgehead atoms. The van der Waals surface area contributed by atoms with Crippen LogP contribution in [0.4, 0.5) is 11.4 Å². The maximum atomic E-state index is 13.9. The highest BCUT2D eigenvalue weighted by Crippen LogP contribution is 2.45. The minimum Gasteiger partial charge on any atom is -0.466 e. The third kappa shape index (κ3) is 6.57. The van der Waals surface area contributed by atoms with Gasteiger partial charge in [-0.05, 0) is 70.2 Å². The summed E-state index contributed by atoms with van der Waals surface area (Å²) in [4.78, 5) is 44.6. The molecule has 0 saturated carbocycles. The Balaban J connectivity index is 1.87. The number of anilines is 2. The van der Waals surface area contributed by atoms with Crippen LogP contribution in [0.1, 0.15) is 59.8 Å². The fourth-order valence-corrected chi connectivity index (χ4v) is 6.00. The molecular formula is C30H45N3O5. The lowest BCUT2D eigenvalue weighted by atomic mass is 9.69. The maximum Gasteiger partial charge on any atom is 0.310 e. The summed E-state index contributed by atoms with van der Waals surface area (Å²) >= 11 is 0. The number of ether oxygens (including phenoxy) is 1. The van der Waals surface area contributed by atoms with Gasteiger partial charge >= 0.3 is 5.97 Å². The molecule has 3 rings (SSSR count). The van der Waals surface area contributed by atoms with Crippen molar-refractivity contribution in [3.05, 3.63) is 36.4 Å². The molecule has 2 amide bonds. The minimum atomic E-state index is -0.696. The van der Waals surface area contributed by atoms with E-state index in [0.29, 0.717) is 18.7 Å². The van der Waals surface area contributed by atoms with Gasteiger partial charge in [-0.15, -0.1) is 0 Å². The molecule has 0 unspecified atom stereocenters. The number of unbranched alkanes of at least 4 members (excludes halogenated alkanes) is 3. The molecule has 0 aromatic heterocycles. The van der Waals surface area contributed by atoms with Gasteiger partial charge in [0.15, 0.2) is 0 Å². The van der Waals surface area contributed by atoms with Crippen molar-refractivity contribution >= 4 is 29.2 Å². The van der Waals surface area contributed by atoms with Crippen LogP contribution < -0.4 is 10.2 Å². The Labute approximate surface area is 227 Å². The highest BCUT2D eigenvalue weighted by Gasteiger charge is 2.57. The molecule has 1 saturated heterocycles. The number of hydrogen-bond donors (Lipinski definition) is 2. The summed E-state index contributed by atoms with van der Waals surface area (Å²) < 4.78 is 5.40. The molecule has 8 heteroatoms. The number of benzene rings is 1. The fraction of sp³-hybridized carbons (Fsp3) is 0.633. The SMILES string of the molecule is CCOC(=O)[C@H]1[C@@H]2C(=O)N(CCCCCCO)[C@H](C(=O)Nc3ccc(N(CC)CC)cc3)[C@H]2C=C[C@H]1CC. The average molecular weight is 528 g/mol. The summed E-state index contributed by atoms with van der Waals surface area (Å²) in [5.74, 6) is -2.43. The van der Waals surface area contributed by atoms with E-state index in [9.17, 15) is 14.4 Å². The van der Waals surface area contributed by atoms with E-state index in [2.05, 4.69) is 24.1 Å². The molecule has 5 atom stereocenters. The topological polar surface area (TPSA) is 99.2 Å². The van der Waals surface area contributed by atoms with Crippen molar-refractivity contribution in [3.63, 3.8) is 0 Å². The number of rotatable bonds is 14. The lowest BCUT2D eigenvalue weighted by Crippen LogP contribution is -2.44. The van der Waals surface area contributed by atoms with Gasteiger partial charge in [0.25, 0.3) is 0 Å². The second kappa shape index (κ2) is 14.3. The number of esters is 1. The number of nitrogens with one attached hydrogen (secondary N) is 1. The lowest BCUT2D eigenvalue weighted by molar-refractivity contribution is -0.155. The van der Waals surface area contributed by atoms with Gasteiger partial charge in [0.1, 0.15) is 6.04 Å². The van der Waals surface area contributed by atoms with Crippen LogP contribution in [-0.4, -0.2) is 66.7 Å². The fourth-order valence-electron chi connectivity index (χ4n) is 6.00. The molecule has 2 N–H and O–H groups in total. The van der Waals surface area contributed by atoms with E-state index >= 15 is 0 Å². The molecule has 0 radical (unpaired) electrons. The zero-order valence-electron chi connectivity index (χ0n) is 23.4. The van der Waals surface area contributed by atoms with Crippen LogP contribution in [0.2, 0.25) is 0 Å². The molecule has 0 spiro atoms. The van der Waals surface area contributed by atoms with Gasteiger partial charge in [-0.1, -0.05) is 31.9 Å². The minimum absolute atomic E-state index is 0.0971. The molecule has 1 aromatic rings. The molecular weight excluding hydrogens is 482 g/mol. The number of aliphatic hydroxyl groups is 1. The largest absolute Gasteiger partial charge is 0.466 e. The van der Waals surface area contributed by atoms with Crippen molar-refractivity contribution in [2.75, 3.05) is 43.1 Å². The predicted octanol–water partition coefficient (Wildman–Crippen LogP) is 4.24. The monoisotopic (exact) mass is 527 g/mol. The Bertz CT molecular complexity index is 959. The number of fused-ring (bicyclic) bond motifs is 1. The number of hydrogen-bond acceptors (Lipinski definition) is 6. The smallest absolute Gasteiger partial charge is 0.310 e. The van der Waals surface area contributed by atoms with E-state index in [4.69, 9.17) is 9.84 Å². The van der Waals surface area contributed by atoms with E-state index in [1.807, 2.05) is 43.3 Å². The van der Waals surface area contributed by atoms with Crippen LogP contribution >= 0.6 is 0 Å². The lowest BCUT2D eigenvalue weighted by Gasteiger charge is -2.33. The predicted molar refractivity (Wildman–Crippen MR) is 150 cm³/mol. The molecule has 1 fully saturated rings. The Kier molecular flexibility index (Phi) is 11.2. The highest BCUT2D eigenvalue weighted by atomic mass is 16.5. The van der Waals surface area contributed by atoms with Gasteiger partial charge in [-0.2, -0.15) is 0 Å². The summed E-state index contributed by atoms with van der Waals surface area (Å²) in [6, 6.07) is 7.08. The number of allylic oxidation sites excluding steroid dienone is 1. The van der Waals surface area contributed by atoms with Crippen molar-refractivity contribution in [3.8, 4) is 0 Å². The normalized spacial score (nSPS) is 24.3. The third-order valence-electron chi connectivity index (χ3n) is 7.98. The first kappa shape index (κ1) is 29.7. The Morgan fingerprint density at radius 3 is 2.29 bits per heavy atom. The van der Waals surface area contributed by atoms with Crippen LogP contribution in [0.15, 0.2) is 36.4 Å². The summed E-state index contributed by atoms with van der Waals surface area (Å²) in [6.45, 7) is 10.6. The van der Waals surface area contributed by atoms with Crippen LogP contribution in [0.5, 0.6) is 0 Å². The molecule has 1 aliphatic carbocycles. The first-order chi connectivity index (χ1) is 18.4. The molecule has 2 aliphatic rings. The number of aliphatic hydroxyl groups excluding tert-OH is 1. The second-order valence-corrected chi connectivity index (χ2v) is 10.2. The Morgan fingerprint density at radius 2 is 1.68 bits per heavy atom. The summed E-state index contributed by atoms with van der Waals surface area (Å²) in [6.07, 6.45) is 7.87. The van der Waals surface area contributed by atoms with Gasteiger partial charge in [-0.3, -0.25) is 14.4 Å².